The van der Waals surface area contributed by atoms with Crippen LogP contribution in [0.1, 0.15) is 30.9 Å². The lowest BCUT2D eigenvalue weighted by molar-refractivity contribution is 0.0706. The highest BCUT2D eigenvalue weighted by molar-refractivity contribution is 6.00. The van der Waals surface area contributed by atoms with Gasteiger partial charge in [0.1, 0.15) is 40.9 Å². The number of hydrogen-bond acceptors (Lipinski definition) is 8. The van der Waals surface area contributed by atoms with Crippen LogP contribution >= 0.6 is 0 Å². The van der Waals surface area contributed by atoms with Gasteiger partial charge in [0, 0.05) is 51.3 Å². The Morgan fingerprint density at radius 3 is 2.73 bits per heavy atom. The lowest BCUT2D eigenvalue weighted by Crippen LogP contribution is -2.19. The summed E-state index contributed by atoms with van der Waals surface area (Å²) in [5.41, 5.74) is 10.3. The summed E-state index contributed by atoms with van der Waals surface area (Å²) in [5.74, 6) is 1.59. The SMILES string of the molecule is COCCCNc1cccc(Oc2ccc(-c3cn(C4CCOCC4)c4ncnc(N)c34)cc2)c1C#N. The van der Waals surface area contributed by atoms with Gasteiger partial charge in [0.25, 0.3) is 0 Å². The smallest absolute Gasteiger partial charge is 0.147 e. The molecule has 1 fully saturated rings. The monoisotopic (exact) mass is 498 g/mol. The van der Waals surface area contributed by atoms with Crippen LogP contribution in [0.2, 0.25) is 0 Å². The molecule has 0 saturated carbocycles. The molecule has 4 aromatic rings. The molecule has 0 radical (unpaired) electrons. The first kappa shape index (κ1) is 24.6. The average molecular weight is 499 g/mol. The number of methoxy groups -OCH3 is 1. The van der Waals surface area contributed by atoms with Crippen molar-refractivity contribution in [2.45, 2.75) is 25.3 Å². The molecule has 1 aliphatic heterocycles. The fraction of sp³-hybridized carbons (Fsp3) is 0.321. The minimum atomic E-state index is 0.307. The van der Waals surface area contributed by atoms with Crippen LogP contribution in [0, 0.1) is 11.3 Å². The van der Waals surface area contributed by atoms with Gasteiger partial charge in [0.2, 0.25) is 0 Å². The molecule has 190 valence electrons. The first-order chi connectivity index (χ1) is 18.2. The van der Waals surface area contributed by atoms with Gasteiger partial charge < -0.3 is 29.8 Å². The van der Waals surface area contributed by atoms with E-state index in [2.05, 4.69) is 32.1 Å². The van der Waals surface area contributed by atoms with Crippen LogP contribution in [0.25, 0.3) is 22.2 Å². The molecule has 9 heteroatoms. The number of ether oxygens (including phenoxy) is 3. The van der Waals surface area contributed by atoms with Gasteiger partial charge in [0.15, 0.2) is 0 Å². The lowest BCUT2D eigenvalue weighted by atomic mass is 10.1. The van der Waals surface area contributed by atoms with Crippen LogP contribution < -0.4 is 15.8 Å². The predicted octanol–water partition coefficient (Wildman–Crippen LogP) is 5.14. The minimum Gasteiger partial charge on any atom is -0.456 e. The highest BCUT2D eigenvalue weighted by atomic mass is 16.5. The third kappa shape index (κ3) is 5.21. The van der Waals surface area contributed by atoms with Gasteiger partial charge in [-0.3, -0.25) is 0 Å². The highest BCUT2D eigenvalue weighted by Gasteiger charge is 2.22. The topological polar surface area (TPSA) is 120 Å². The molecule has 37 heavy (non-hydrogen) atoms. The summed E-state index contributed by atoms with van der Waals surface area (Å²) in [6.45, 7) is 2.83. The molecule has 2 aromatic carbocycles. The fourth-order valence-corrected chi connectivity index (χ4v) is 4.72. The Morgan fingerprint density at radius 2 is 1.97 bits per heavy atom. The zero-order chi connectivity index (χ0) is 25.6. The van der Waals surface area contributed by atoms with E-state index >= 15 is 0 Å². The first-order valence-electron chi connectivity index (χ1n) is 12.4. The van der Waals surface area contributed by atoms with Gasteiger partial charge in [-0.05, 0) is 49.1 Å². The van der Waals surface area contributed by atoms with Gasteiger partial charge in [-0.25, -0.2) is 9.97 Å². The molecule has 0 unspecified atom stereocenters. The molecule has 0 aliphatic carbocycles. The van der Waals surface area contributed by atoms with Crippen LogP contribution in [0.15, 0.2) is 55.0 Å². The molecular formula is C28H30N6O3. The van der Waals surface area contributed by atoms with E-state index in [1.165, 1.54) is 6.33 Å². The number of nitrogens with one attached hydrogen (secondary N) is 1. The van der Waals surface area contributed by atoms with Crippen LogP contribution in [-0.4, -0.2) is 48.0 Å². The van der Waals surface area contributed by atoms with E-state index in [-0.39, 0.29) is 0 Å². The van der Waals surface area contributed by atoms with Gasteiger partial charge in [-0.1, -0.05) is 18.2 Å². The Morgan fingerprint density at radius 1 is 1.16 bits per heavy atom. The maximum absolute atomic E-state index is 9.78. The van der Waals surface area contributed by atoms with Crippen molar-refractivity contribution in [1.82, 2.24) is 14.5 Å². The quantitative estimate of drug-likeness (QED) is 0.304. The van der Waals surface area contributed by atoms with Crippen molar-refractivity contribution in [3.05, 3.63) is 60.6 Å². The van der Waals surface area contributed by atoms with Crippen molar-refractivity contribution < 1.29 is 14.2 Å². The maximum Gasteiger partial charge on any atom is 0.147 e. The Labute approximate surface area is 215 Å². The van der Waals surface area contributed by atoms with Gasteiger partial charge in [0.05, 0.1) is 11.1 Å². The number of nitriles is 1. The Hall–Kier alpha value is -4.13. The summed E-state index contributed by atoms with van der Waals surface area (Å²) in [6.07, 6.45) is 6.34. The Bertz CT molecular complexity index is 1400. The molecule has 2 aromatic heterocycles. The Kier molecular flexibility index (Phi) is 7.49. The van der Waals surface area contributed by atoms with Crippen molar-refractivity contribution in [1.29, 1.82) is 5.26 Å². The summed E-state index contributed by atoms with van der Waals surface area (Å²) < 4.78 is 19.0. The summed E-state index contributed by atoms with van der Waals surface area (Å²) in [4.78, 5) is 8.80. The molecule has 3 N–H and O–H groups in total. The van der Waals surface area contributed by atoms with Gasteiger partial charge >= 0.3 is 0 Å². The summed E-state index contributed by atoms with van der Waals surface area (Å²) in [5, 5.41) is 13.9. The molecule has 0 atom stereocenters. The van der Waals surface area contributed by atoms with E-state index in [4.69, 9.17) is 19.9 Å². The first-order valence-corrected chi connectivity index (χ1v) is 12.4. The van der Waals surface area contributed by atoms with Crippen molar-refractivity contribution in [3.8, 4) is 28.7 Å². The fourth-order valence-electron chi connectivity index (χ4n) is 4.72. The standard InChI is InChI=1S/C28H30N6O3/c1-35-13-3-12-31-24-4-2-5-25(22(24)16-29)37-21-8-6-19(7-9-21)23-17-34(20-10-14-36-15-11-20)28-26(23)27(30)32-18-33-28/h2,4-9,17-18,20,31H,3,10-15H2,1H3,(H2,30,32,33). The third-order valence-corrected chi connectivity index (χ3v) is 6.59. The second-order valence-electron chi connectivity index (χ2n) is 8.94. The van der Waals surface area contributed by atoms with Crippen LogP contribution in [0.3, 0.4) is 0 Å². The Balaban J connectivity index is 1.41. The number of benzene rings is 2. The minimum absolute atomic E-state index is 0.307. The number of aromatic nitrogens is 3. The lowest BCUT2D eigenvalue weighted by Gasteiger charge is -2.24. The largest absolute Gasteiger partial charge is 0.456 e. The average Bonchev–Trinajstić information content (AvgIpc) is 3.33. The van der Waals surface area contributed by atoms with Crippen molar-refractivity contribution in [3.63, 3.8) is 0 Å². The summed E-state index contributed by atoms with van der Waals surface area (Å²) >= 11 is 0. The van der Waals surface area contributed by atoms with Crippen molar-refractivity contribution in [2.75, 3.05) is 44.5 Å². The van der Waals surface area contributed by atoms with Crippen molar-refractivity contribution in [2.24, 2.45) is 0 Å². The zero-order valence-electron chi connectivity index (χ0n) is 20.8. The summed E-state index contributed by atoms with van der Waals surface area (Å²) in [6, 6.07) is 15.9. The molecule has 1 saturated heterocycles. The number of anilines is 2. The maximum atomic E-state index is 9.78. The number of nitrogen functional groups attached to an aromatic ring is 1. The number of nitrogens with zero attached hydrogens (tertiary/aromatic N) is 4. The number of fused-ring (bicyclic) bond motifs is 1. The van der Waals surface area contributed by atoms with E-state index in [9.17, 15) is 5.26 Å². The molecule has 9 nitrogen and oxygen atoms in total. The van der Waals surface area contributed by atoms with E-state index in [0.29, 0.717) is 42.1 Å². The van der Waals surface area contributed by atoms with E-state index in [1.54, 1.807) is 13.2 Å². The number of hydrogen-bond donors (Lipinski definition) is 2. The molecule has 5 rings (SSSR count). The van der Waals surface area contributed by atoms with Crippen molar-refractivity contribution >= 4 is 22.5 Å². The highest BCUT2D eigenvalue weighted by Crippen LogP contribution is 2.37. The molecule has 0 spiro atoms. The second kappa shape index (κ2) is 11.3. The molecule has 3 heterocycles. The van der Waals surface area contributed by atoms with E-state index in [0.717, 1.165) is 60.3 Å². The normalized spacial score (nSPS) is 13.9. The zero-order valence-corrected chi connectivity index (χ0v) is 20.8. The van der Waals surface area contributed by atoms with Gasteiger partial charge in [-0.2, -0.15) is 5.26 Å². The predicted molar refractivity (Wildman–Crippen MR) is 143 cm³/mol. The second-order valence-corrected chi connectivity index (χ2v) is 8.94. The number of rotatable bonds is 9. The molecule has 0 amide bonds. The third-order valence-electron chi connectivity index (χ3n) is 6.59. The summed E-state index contributed by atoms with van der Waals surface area (Å²) in [7, 11) is 1.67. The molecule has 1 aliphatic rings. The van der Waals surface area contributed by atoms with E-state index < -0.39 is 0 Å². The molecule has 0 bridgehead atoms. The molecular weight excluding hydrogens is 468 g/mol. The van der Waals surface area contributed by atoms with Crippen LogP contribution in [0.4, 0.5) is 11.5 Å². The van der Waals surface area contributed by atoms with Crippen LogP contribution in [0.5, 0.6) is 11.5 Å². The van der Waals surface area contributed by atoms with Gasteiger partial charge in [-0.15, -0.1) is 0 Å². The van der Waals surface area contributed by atoms with E-state index in [1.807, 2.05) is 36.4 Å². The number of nitrogens with two attached hydrogens (primary N) is 1. The van der Waals surface area contributed by atoms with Crippen LogP contribution in [-0.2, 0) is 9.47 Å².